The second-order valence-corrected chi connectivity index (χ2v) is 8.71. The topological polar surface area (TPSA) is 72.4 Å². The Bertz CT molecular complexity index is 1090. The number of piperidine rings is 1. The fourth-order valence-corrected chi connectivity index (χ4v) is 4.98. The van der Waals surface area contributed by atoms with E-state index in [1.54, 1.807) is 13.3 Å². The Hall–Kier alpha value is -2.80. The summed E-state index contributed by atoms with van der Waals surface area (Å²) in [7, 11) is 1.70. The van der Waals surface area contributed by atoms with Gasteiger partial charge in [0.2, 0.25) is 0 Å². The summed E-state index contributed by atoms with van der Waals surface area (Å²) >= 11 is 0. The van der Waals surface area contributed by atoms with Crippen molar-refractivity contribution in [1.82, 2.24) is 19.4 Å². The molecule has 1 saturated carbocycles. The lowest BCUT2D eigenvalue weighted by molar-refractivity contribution is 0.179. The molecule has 0 bridgehead atoms. The van der Waals surface area contributed by atoms with Gasteiger partial charge in [-0.1, -0.05) is 6.07 Å². The van der Waals surface area contributed by atoms with Crippen LogP contribution in [-0.4, -0.2) is 45.7 Å². The lowest BCUT2D eigenvalue weighted by Gasteiger charge is -2.33. The molecule has 0 unspecified atom stereocenters. The summed E-state index contributed by atoms with van der Waals surface area (Å²) in [6.07, 6.45) is 10.7. The van der Waals surface area contributed by atoms with E-state index in [-0.39, 0.29) is 5.56 Å². The van der Waals surface area contributed by atoms with E-state index in [0.29, 0.717) is 17.7 Å². The van der Waals surface area contributed by atoms with Crippen molar-refractivity contribution in [2.45, 2.75) is 57.2 Å². The molecule has 7 nitrogen and oxygen atoms in total. The van der Waals surface area contributed by atoms with E-state index in [9.17, 15) is 4.79 Å². The average molecular weight is 423 g/mol. The van der Waals surface area contributed by atoms with Gasteiger partial charge in [-0.15, -0.1) is 0 Å². The molecule has 1 aliphatic carbocycles. The fraction of sp³-hybridized carbons (Fsp3) is 0.500. The number of aromatic amines is 1. The summed E-state index contributed by atoms with van der Waals surface area (Å²) in [4.78, 5) is 21.5. The molecule has 3 aromatic rings. The highest BCUT2D eigenvalue weighted by atomic mass is 16.5. The molecule has 1 N–H and O–H groups in total. The molecule has 31 heavy (non-hydrogen) atoms. The van der Waals surface area contributed by atoms with E-state index in [0.717, 1.165) is 62.3 Å². The molecule has 7 heteroatoms. The van der Waals surface area contributed by atoms with E-state index >= 15 is 0 Å². The van der Waals surface area contributed by atoms with E-state index in [4.69, 9.17) is 9.47 Å². The van der Waals surface area contributed by atoms with Crippen molar-refractivity contribution in [3.8, 4) is 11.5 Å². The Kier molecular flexibility index (Phi) is 5.68. The smallest absolute Gasteiger partial charge is 0.276 e. The molecular weight excluding hydrogens is 392 g/mol. The summed E-state index contributed by atoms with van der Waals surface area (Å²) in [5.74, 6) is 1.69. The fourth-order valence-electron chi connectivity index (χ4n) is 4.98. The van der Waals surface area contributed by atoms with Crippen LogP contribution in [0.25, 0.3) is 11.0 Å². The number of methoxy groups -OCH3 is 1. The number of imidazole rings is 1. The van der Waals surface area contributed by atoms with Crippen molar-refractivity contribution in [3.63, 3.8) is 0 Å². The number of pyridine rings is 1. The first-order valence-corrected chi connectivity index (χ1v) is 11.3. The van der Waals surface area contributed by atoms with E-state index < -0.39 is 0 Å². The Balaban J connectivity index is 1.24. The van der Waals surface area contributed by atoms with E-state index in [1.165, 1.54) is 18.4 Å². The number of hydrogen-bond donors (Lipinski definition) is 1. The van der Waals surface area contributed by atoms with Crippen LogP contribution in [0.4, 0.5) is 0 Å². The van der Waals surface area contributed by atoms with Crippen molar-refractivity contribution in [2.75, 3.05) is 20.2 Å². The van der Waals surface area contributed by atoms with Crippen molar-refractivity contribution in [2.24, 2.45) is 0 Å². The third kappa shape index (κ3) is 4.19. The minimum absolute atomic E-state index is 0.121. The van der Waals surface area contributed by atoms with Crippen molar-refractivity contribution in [3.05, 3.63) is 52.7 Å². The zero-order chi connectivity index (χ0) is 21.2. The molecule has 1 saturated heterocycles. The molecule has 5 rings (SSSR count). The summed E-state index contributed by atoms with van der Waals surface area (Å²) in [5.41, 5.74) is 2.58. The molecule has 2 aromatic heterocycles. The minimum atomic E-state index is -0.121. The third-order valence-electron chi connectivity index (χ3n) is 6.68. The summed E-state index contributed by atoms with van der Waals surface area (Å²) < 4.78 is 14.0. The minimum Gasteiger partial charge on any atom is -0.493 e. The summed E-state index contributed by atoms with van der Waals surface area (Å²) in [5, 5.41) is 0. The molecule has 0 radical (unpaired) electrons. The standard InChI is InChI=1S/C24H30N4O3/c1-30-21-7-6-17(14-22(21)31-19-4-2-3-5-19)15-27-12-9-18(10-13-27)28-16-26-23-20(28)8-11-25-24(23)29/h6-8,11,14,16,18-19H,2-5,9-10,12-13,15H2,1H3,(H,25,29). The predicted octanol–water partition coefficient (Wildman–Crippen LogP) is 3.89. The molecule has 0 spiro atoms. The highest BCUT2D eigenvalue weighted by Crippen LogP contribution is 2.33. The number of ether oxygens (including phenoxy) is 2. The Morgan fingerprint density at radius 2 is 1.90 bits per heavy atom. The number of fused-ring (bicyclic) bond motifs is 1. The monoisotopic (exact) mass is 422 g/mol. The number of nitrogens with one attached hydrogen (secondary N) is 1. The van der Waals surface area contributed by atoms with Crippen LogP contribution in [0.2, 0.25) is 0 Å². The third-order valence-corrected chi connectivity index (χ3v) is 6.68. The van der Waals surface area contributed by atoms with Crippen LogP contribution in [0, 0.1) is 0 Å². The first kappa shape index (κ1) is 20.1. The van der Waals surface area contributed by atoms with Gasteiger partial charge in [-0.05, 0) is 62.3 Å². The highest BCUT2D eigenvalue weighted by Gasteiger charge is 2.23. The van der Waals surface area contributed by atoms with Crippen LogP contribution in [0.15, 0.2) is 41.6 Å². The molecular formula is C24H30N4O3. The number of H-pyrrole nitrogens is 1. The van der Waals surface area contributed by atoms with Gasteiger partial charge in [0.1, 0.15) is 0 Å². The quantitative estimate of drug-likeness (QED) is 0.652. The Morgan fingerprint density at radius 1 is 1.10 bits per heavy atom. The van der Waals surface area contributed by atoms with E-state index in [1.807, 2.05) is 18.5 Å². The van der Waals surface area contributed by atoms with Crippen molar-refractivity contribution >= 4 is 11.0 Å². The van der Waals surface area contributed by atoms with Gasteiger partial charge < -0.3 is 19.0 Å². The summed E-state index contributed by atoms with van der Waals surface area (Å²) in [6, 6.07) is 8.64. The lowest BCUT2D eigenvalue weighted by Crippen LogP contribution is -2.34. The average Bonchev–Trinajstić information content (AvgIpc) is 3.45. The molecule has 0 atom stereocenters. The number of likely N-dealkylation sites (tertiary alicyclic amines) is 1. The first-order valence-electron chi connectivity index (χ1n) is 11.3. The van der Waals surface area contributed by atoms with Gasteiger partial charge in [-0.25, -0.2) is 4.98 Å². The molecule has 164 valence electrons. The second-order valence-electron chi connectivity index (χ2n) is 8.71. The second kappa shape index (κ2) is 8.75. The number of rotatable bonds is 6. The maximum Gasteiger partial charge on any atom is 0.276 e. The van der Waals surface area contributed by atoms with Crippen LogP contribution in [0.1, 0.15) is 50.1 Å². The SMILES string of the molecule is COc1ccc(CN2CCC(n3cnc4c(=O)[nH]ccc43)CC2)cc1OC1CCCC1. The van der Waals surface area contributed by atoms with Gasteiger partial charge in [-0.3, -0.25) is 9.69 Å². The number of benzene rings is 1. The maximum atomic E-state index is 12.0. The molecule has 2 aliphatic rings. The number of nitrogens with zero attached hydrogens (tertiary/aromatic N) is 3. The number of hydrogen-bond acceptors (Lipinski definition) is 5. The molecule has 0 amide bonds. The summed E-state index contributed by atoms with van der Waals surface area (Å²) in [6.45, 7) is 2.93. The molecule has 2 fully saturated rings. The Morgan fingerprint density at radius 3 is 2.68 bits per heavy atom. The van der Waals surface area contributed by atoms with Gasteiger partial charge in [0.15, 0.2) is 17.0 Å². The van der Waals surface area contributed by atoms with E-state index in [2.05, 4.69) is 31.6 Å². The normalized spacial score (nSPS) is 18.6. The van der Waals surface area contributed by atoms with Gasteiger partial charge in [0.25, 0.3) is 5.56 Å². The molecule has 1 aliphatic heterocycles. The zero-order valence-corrected chi connectivity index (χ0v) is 18.0. The first-order chi connectivity index (χ1) is 15.2. The van der Waals surface area contributed by atoms with Crippen LogP contribution in [-0.2, 0) is 6.54 Å². The van der Waals surface area contributed by atoms with Gasteiger partial charge in [0, 0.05) is 31.9 Å². The van der Waals surface area contributed by atoms with Crippen LogP contribution >= 0.6 is 0 Å². The van der Waals surface area contributed by atoms with Crippen molar-refractivity contribution in [1.29, 1.82) is 0 Å². The largest absolute Gasteiger partial charge is 0.493 e. The number of aromatic nitrogens is 3. The molecule has 1 aromatic carbocycles. The van der Waals surface area contributed by atoms with Crippen molar-refractivity contribution < 1.29 is 9.47 Å². The molecule has 3 heterocycles. The van der Waals surface area contributed by atoms with Gasteiger partial charge >= 0.3 is 0 Å². The predicted molar refractivity (Wildman–Crippen MR) is 120 cm³/mol. The maximum absolute atomic E-state index is 12.0. The van der Waals surface area contributed by atoms with Crippen LogP contribution in [0.5, 0.6) is 11.5 Å². The Labute approximate surface area is 182 Å². The highest BCUT2D eigenvalue weighted by molar-refractivity contribution is 5.73. The zero-order valence-electron chi connectivity index (χ0n) is 18.0. The van der Waals surface area contributed by atoms with Crippen LogP contribution in [0.3, 0.4) is 0 Å². The van der Waals surface area contributed by atoms with Crippen LogP contribution < -0.4 is 15.0 Å². The van der Waals surface area contributed by atoms with Gasteiger partial charge in [-0.2, -0.15) is 0 Å². The van der Waals surface area contributed by atoms with Gasteiger partial charge in [0.05, 0.1) is 25.1 Å². The lowest BCUT2D eigenvalue weighted by atomic mass is 10.0.